The second kappa shape index (κ2) is 6.89. The number of hydrogen-bond acceptors (Lipinski definition) is 4. The van der Waals surface area contributed by atoms with E-state index in [-0.39, 0.29) is 12.5 Å². The molecule has 1 N–H and O–H groups in total. The van der Waals surface area contributed by atoms with Crippen molar-refractivity contribution in [2.45, 2.75) is 18.9 Å². The number of likely N-dealkylation sites (N-methyl/N-ethyl adjacent to an activating group) is 2. The van der Waals surface area contributed by atoms with Crippen LogP contribution in [0, 0.1) is 11.8 Å². The number of likely N-dealkylation sites (tertiary alicyclic amines) is 1. The summed E-state index contributed by atoms with van der Waals surface area (Å²) >= 11 is 1.38. The third-order valence-electron chi connectivity index (χ3n) is 3.61. The first-order valence-corrected chi connectivity index (χ1v) is 7.58. The van der Waals surface area contributed by atoms with Gasteiger partial charge in [0.2, 0.25) is 0 Å². The number of carbonyl (C=O) groups is 1. The first-order chi connectivity index (χ1) is 9.61. The van der Waals surface area contributed by atoms with E-state index >= 15 is 0 Å². The zero-order valence-corrected chi connectivity index (χ0v) is 12.7. The van der Waals surface area contributed by atoms with Crippen molar-refractivity contribution in [3.8, 4) is 11.8 Å². The lowest BCUT2D eigenvalue weighted by Crippen LogP contribution is -2.39. The molecule has 0 spiro atoms. The minimum Gasteiger partial charge on any atom is -0.384 e. The summed E-state index contributed by atoms with van der Waals surface area (Å²) in [6, 6.07) is 4.11. The molecule has 0 aromatic carbocycles. The number of carbonyl (C=O) groups excluding carboxylic acids is 1. The number of aliphatic hydroxyl groups is 1. The van der Waals surface area contributed by atoms with Crippen molar-refractivity contribution in [1.82, 2.24) is 9.80 Å². The minimum absolute atomic E-state index is 0.0485. The Morgan fingerprint density at radius 2 is 2.40 bits per heavy atom. The summed E-state index contributed by atoms with van der Waals surface area (Å²) in [6.07, 6.45) is 2.37. The van der Waals surface area contributed by atoms with Gasteiger partial charge in [-0.2, -0.15) is 0 Å². The predicted octanol–water partition coefficient (Wildman–Crippen LogP) is 1.26. The molecule has 1 amide bonds. The SMILES string of the molecule is CN(CC1CCCN1C)C(=O)c1ccc(C#CCO)s1. The maximum atomic E-state index is 12.3. The molecule has 2 heterocycles. The van der Waals surface area contributed by atoms with E-state index in [0.717, 1.165) is 24.4 Å². The molecular formula is C15H20N2O2S. The van der Waals surface area contributed by atoms with E-state index in [9.17, 15) is 4.79 Å². The number of thiophene rings is 1. The molecule has 0 radical (unpaired) electrons. The van der Waals surface area contributed by atoms with Crippen LogP contribution in [0.25, 0.3) is 0 Å². The third-order valence-corrected chi connectivity index (χ3v) is 4.60. The fourth-order valence-corrected chi connectivity index (χ4v) is 3.32. The van der Waals surface area contributed by atoms with E-state index in [1.807, 2.05) is 19.2 Å². The van der Waals surface area contributed by atoms with Gasteiger partial charge in [0, 0.05) is 19.6 Å². The van der Waals surface area contributed by atoms with E-state index in [1.165, 1.54) is 17.8 Å². The van der Waals surface area contributed by atoms with Gasteiger partial charge in [0.25, 0.3) is 5.91 Å². The van der Waals surface area contributed by atoms with E-state index in [0.29, 0.717) is 10.9 Å². The van der Waals surface area contributed by atoms with Gasteiger partial charge in [-0.05, 0) is 38.6 Å². The minimum atomic E-state index is -0.158. The van der Waals surface area contributed by atoms with Gasteiger partial charge in [-0.1, -0.05) is 11.8 Å². The van der Waals surface area contributed by atoms with Gasteiger partial charge in [-0.25, -0.2) is 0 Å². The molecule has 1 saturated heterocycles. The van der Waals surface area contributed by atoms with Crippen molar-refractivity contribution in [2.24, 2.45) is 0 Å². The number of hydrogen-bond donors (Lipinski definition) is 1. The summed E-state index contributed by atoms with van der Waals surface area (Å²) in [4.78, 5) is 18.0. The Labute approximate surface area is 124 Å². The Bertz CT molecular complexity index is 529. The number of nitrogens with zero attached hydrogens (tertiary/aromatic N) is 2. The maximum Gasteiger partial charge on any atom is 0.263 e. The highest BCUT2D eigenvalue weighted by Gasteiger charge is 2.24. The van der Waals surface area contributed by atoms with Crippen LogP contribution in [-0.4, -0.2) is 60.6 Å². The van der Waals surface area contributed by atoms with Crippen LogP contribution in [0.2, 0.25) is 0 Å². The van der Waals surface area contributed by atoms with Crippen molar-refractivity contribution in [3.63, 3.8) is 0 Å². The summed E-state index contributed by atoms with van der Waals surface area (Å²) in [6.45, 7) is 1.73. The normalized spacial score (nSPS) is 18.6. The number of amides is 1. The summed E-state index contributed by atoms with van der Waals surface area (Å²) in [5.74, 6) is 5.47. The first-order valence-electron chi connectivity index (χ1n) is 6.77. The predicted molar refractivity (Wildman–Crippen MR) is 80.9 cm³/mol. The fourth-order valence-electron chi connectivity index (χ4n) is 2.44. The van der Waals surface area contributed by atoms with E-state index in [4.69, 9.17) is 5.11 Å². The van der Waals surface area contributed by atoms with Crippen molar-refractivity contribution in [3.05, 3.63) is 21.9 Å². The molecule has 20 heavy (non-hydrogen) atoms. The maximum absolute atomic E-state index is 12.3. The molecule has 1 unspecified atom stereocenters. The lowest BCUT2D eigenvalue weighted by atomic mass is 10.2. The molecule has 108 valence electrons. The molecule has 1 aromatic heterocycles. The largest absolute Gasteiger partial charge is 0.384 e. The smallest absolute Gasteiger partial charge is 0.263 e. The first kappa shape index (κ1) is 15.0. The molecule has 0 saturated carbocycles. The van der Waals surface area contributed by atoms with Crippen LogP contribution < -0.4 is 0 Å². The van der Waals surface area contributed by atoms with Crippen LogP contribution in [0.3, 0.4) is 0 Å². The summed E-state index contributed by atoms with van der Waals surface area (Å²) in [5.41, 5.74) is 0. The lowest BCUT2D eigenvalue weighted by Gasteiger charge is -2.25. The molecule has 1 fully saturated rings. The highest BCUT2D eigenvalue weighted by Crippen LogP contribution is 2.19. The van der Waals surface area contributed by atoms with Crippen molar-refractivity contribution in [1.29, 1.82) is 0 Å². The lowest BCUT2D eigenvalue weighted by molar-refractivity contribution is 0.0766. The van der Waals surface area contributed by atoms with E-state index in [1.54, 1.807) is 4.90 Å². The third kappa shape index (κ3) is 3.60. The van der Waals surface area contributed by atoms with Gasteiger partial charge < -0.3 is 14.9 Å². The van der Waals surface area contributed by atoms with Gasteiger partial charge in [-0.15, -0.1) is 11.3 Å². The average molecular weight is 292 g/mol. The number of rotatable bonds is 3. The Morgan fingerprint density at radius 1 is 1.60 bits per heavy atom. The van der Waals surface area contributed by atoms with Crippen LogP contribution in [0.4, 0.5) is 0 Å². The Balaban J connectivity index is 1.97. The van der Waals surface area contributed by atoms with Crippen molar-refractivity contribution >= 4 is 17.2 Å². The monoisotopic (exact) mass is 292 g/mol. The zero-order valence-electron chi connectivity index (χ0n) is 11.9. The van der Waals surface area contributed by atoms with Crippen LogP contribution in [0.15, 0.2) is 12.1 Å². The molecule has 4 nitrogen and oxygen atoms in total. The summed E-state index contributed by atoms with van der Waals surface area (Å²) in [7, 11) is 3.97. The van der Waals surface area contributed by atoms with E-state index in [2.05, 4.69) is 23.8 Å². The molecule has 5 heteroatoms. The van der Waals surface area contributed by atoms with Crippen LogP contribution in [0.5, 0.6) is 0 Å². The molecule has 1 aliphatic heterocycles. The highest BCUT2D eigenvalue weighted by molar-refractivity contribution is 7.14. The Morgan fingerprint density at radius 3 is 3.05 bits per heavy atom. The molecular weight excluding hydrogens is 272 g/mol. The Kier molecular flexibility index (Phi) is 5.18. The fraction of sp³-hybridized carbons (Fsp3) is 0.533. The quantitative estimate of drug-likeness (QED) is 0.853. The summed E-state index contributed by atoms with van der Waals surface area (Å²) < 4.78 is 0. The molecule has 1 aliphatic rings. The molecule has 0 bridgehead atoms. The van der Waals surface area contributed by atoms with Gasteiger partial charge >= 0.3 is 0 Å². The van der Waals surface area contributed by atoms with Crippen LogP contribution >= 0.6 is 11.3 Å². The van der Waals surface area contributed by atoms with E-state index < -0.39 is 0 Å². The van der Waals surface area contributed by atoms with Crippen LogP contribution in [0.1, 0.15) is 27.4 Å². The van der Waals surface area contributed by atoms with Crippen molar-refractivity contribution < 1.29 is 9.90 Å². The van der Waals surface area contributed by atoms with Crippen LogP contribution in [-0.2, 0) is 0 Å². The Hall–Kier alpha value is -1.35. The topological polar surface area (TPSA) is 43.8 Å². The number of aliphatic hydroxyl groups excluding tert-OH is 1. The summed E-state index contributed by atoms with van der Waals surface area (Å²) in [5, 5.41) is 8.67. The molecule has 1 aromatic rings. The molecule has 0 aliphatic carbocycles. The van der Waals surface area contributed by atoms with Gasteiger partial charge in [0.15, 0.2) is 0 Å². The van der Waals surface area contributed by atoms with Gasteiger partial charge in [0.1, 0.15) is 6.61 Å². The standard InChI is InChI=1S/C15H20N2O2S/c1-16-9-3-5-12(16)11-17(2)15(19)14-8-7-13(20-14)6-4-10-18/h7-8,12,18H,3,5,9-11H2,1-2H3. The molecule has 1 atom stereocenters. The molecule has 2 rings (SSSR count). The van der Waals surface area contributed by atoms with Gasteiger partial charge in [0.05, 0.1) is 9.75 Å². The second-order valence-electron chi connectivity index (χ2n) is 5.09. The average Bonchev–Trinajstić information content (AvgIpc) is 3.05. The van der Waals surface area contributed by atoms with Gasteiger partial charge in [-0.3, -0.25) is 4.79 Å². The second-order valence-corrected chi connectivity index (χ2v) is 6.17. The zero-order chi connectivity index (χ0) is 14.5. The van der Waals surface area contributed by atoms with Crippen molar-refractivity contribution in [2.75, 3.05) is 33.8 Å². The highest BCUT2D eigenvalue weighted by atomic mass is 32.1.